The van der Waals surface area contributed by atoms with E-state index in [1.807, 2.05) is 0 Å². The second-order valence-electron chi connectivity index (χ2n) is 3.98. The topological polar surface area (TPSA) is 27.7 Å². The van der Waals surface area contributed by atoms with Crippen molar-refractivity contribution in [1.29, 1.82) is 0 Å². The van der Waals surface area contributed by atoms with Crippen LogP contribution in [0.5, 0.6) is 0 Å². The first-order valence-electron chi connectivity index (χ1n) is 6.56. The first-order chi connectivity index (χ1) is 9.28. The minimum atomic E-state index is 0.0187. The van der Waals surface area contributed by atoms with Gasteiger partial charge in [0.2, 0.25) is 0 Å². The molecule has 3 nitrogen and oxygen atoms in total. The van der Waals surface area contributed by atoms with E-state index in [0.717, 1.165) is 12.8 Å². The molecular weight excluding hydrogens is 240 g/mol. The van der Waals surface area contributed by atoms with Gasteiger partial charge in [-0.2, -0.15) is 0 Å². The molecule has 0 aliphatic heterocycles. The Labute approximate surface area is 117 Å². The van der Waals surface area contributed by atoms with Gasteiger partial charge in [-0.25, -0.2) is 0 Å². The van der Waals surface area contributed by atoms with Crippen molar-refractivity contribution in [2.24, 2.45) is 0 Å². The molecule has 0 aromatic carbocycles. The summed E-state index contributed by atoms with van der Waals surface area (Å²) in [5.74, 6) is 0. The van der Waals surface area contributed by atoms with Crippen LogP contribution in [0.3, 0.4) is 0 Å². The van der Waals surface area contributed by atoms with Crippen molar-refractivity contribution >= 4 is 0 Å². The van der Waals surface area contributed by atoms with Crippen molar-refractivity contribution in [2.45, 2.75) is 25.0 Å². The van der Waals surface area contributed by atoms with Crippen LogP contribution in [-0.2, 0) is 14.2 Å². The molecule has 0 bridgehead atoms. The summed E-state index contributed by atoms with van der Waals surface area (Å²) in [6.45, 7) is 17.0. The van der Waals surface area contributed by atoms with Crippen molar-refractivity contribution < 1.29 is 14.2 Å². The maximum Gasteiger partial charge on any atom is 0.0779 e. The molecule has 3 heteroatoms. The largest absolute Gasteiger partial charge is 0.381 e. The summed E-state index contributed by atoms with van der Waals surface area (Å²) in [4.78, 5) is 0. The maximum absolute atomic E-state index is 5.55. The van der Waals surface area contributed by atoms with Crippen molar-refractivity contribution in [3.63, 3.8) is 0 Å². The van der Waals surface area contributed by atoms with Gasteiger partial charge in [-0.05, 0) is 0 Å². The van der Waals surface area contributed by atoms with Crippen molar-refractivity contribution in [1.82, 2.24) is 0 Å². The smallest absolute Gasteiger partial charge is 0.0779 e. The second kappa shape index (κ2) is 13.3. The molecule has 0 heterocycles. The first kappa shape index (κ1) is 17.8. The summed E-state index contributed by atoms with van der Waals surface area (Å²) in [7, 11) is 0. The van der Waals surface area contributed by atoms with Crippen LogP contribution in [-0.4, -0.2) is 38.6 Å². The SMILES string of the molecule is C=CCOC(C=C)CCOCCC(C=C)OCC=C. The lowest BCUT2D eigenvalue weighted by Crippen LogP contribution is -2.16. The van der Waals surface area contributed by atoms with Gasteiger partial charge in [-0.15, -0.1) is 26.3 Å². The van der Waals surface area contributed by atoms with Gasteiger partial charge >= 0.3 is 0 Å². The Balaban J connectivity index is 3.60. The number of hydrogen-bond acceptors (Lipinski definition) is 3. The summed E-state index contributed by atoms with van der Waals surface area (Å²) >= 11 is 0. The van der Waals surface area contributed by atoms with Crippen molar-refractivity contribution in [2.75, 3.05) is 26.4 Å². The van der Waals surface area contributed by atoms with Crippen LogP contribution in [0.4, 0.5) is 0 Å². The van der Waals surface area contributed by atoms with Crippen LogP contribution in [0.1, 0.15) is 12.8 Å². The predicted molar refractivity (Wildman–Crippen MR) is 80.3 cm³/mol. The third-order valence-electron chi connectivity index (χ3n) is 2.48. The predicted octanol–water partition coefficient (Wildman–Crippen LogP) is 3.30. The van der Waals surface area contributed by atoms with Crippen LogP contribution < -0.4 is 0 Å². The molecule has 0 spiro atoms. The zero-order valence-corrected chi connectivity index (χ0v) is 11.8. The van der Waals surface area contributed by atoms with Crippen molar-refractivity contribution in [3.05, 3.63) is 50.6 Å². The molecule has 0 fully saturated rings. The monoisotopic (exact) mass is 266 g/mol. The number of ether oxygens (including phenoxy) is 3. The third kappa shape index (κ3) is 10.4. The Bertz CT molecular complexity index is 235. The summed E-state index contributed by atoms with van der Waals surface area (Å²) in [5, 5.41) is 0. The van der Waals surface area contributed by atoms with E-state index >= 15 is 0 Å². The standard InChI is InChI=1S/C16H26O3/c1-5-11-18-15(7-3)9-13-17-14-10-16(8-4)19-12-6-2/h5-8,15-16H,1-4,9-14H2. The molecule has 0 aromatic rings. The van der Waals surface area contributed by atoms with Gasteiger partial charge in [-0.1, -0.05) is 24.3 Å². The van der Waals surface area contributed by atoms with E-state index in [9.17, 15) is 0 Å². The molecule has 0 N–H and O–H groups in total. The molecule has 0 aromatic heterocycles. The Morgan fingerprint density at radius 1 is 0.737 bits per heavy atom. The summed E-state index contributed by atoms with van der Waals surface area (Å²) in [5.41, 5.74) is 0. The fourth-order valence-electron chi connectivity index (χ4n) is 1.42. The molecular formula is C16H26O3. The van der Waals surface area contributed by atoms with Gasteiger partial charge in [0.1, 0.15) is 0 Å². The van der Waals surface area contributed by atoms with Crippen molar-refractivity contribution in [3.8, 4) is 0 Å². The number of hydrogen-bond donors (Lipinski definition) is 0. The lowest BCUT2D eigenvalue weighted by molar-refractivity contribution is 0.0384. The summed E-state index contributed by atoms with van der Waals surface area (Å²) in [6, 6.07) is 0. The van der Waals surface area contributed by atoms with E-state index in [1.165, 1.54) is 0 Å². The highest BCUT2D eigenvalue weighted by Crippen LogP contribution is 2.03. The van der Waals surface area contributed by atoms with Crippen LogP contribution in [0.25, 0.3) is 0 Å². The molecule has 0 saturated heterocycles. The van der Waals surface area contributed by atoms with Crippen LogP contribution in [0.15, 0.2) is 50.6 Å². The first-order valence-corrected chi connectivity index (χ1v) is 6.56. The van der Waals surface area contributed by atoms with Crippen LogP contribution >= 0.6 is 0 Å². The fraction of sp³-hybridized carbons (Fsp3) is 0.500. The molecule has 0 saturated carbocycles. The maximum atomic E-state index is 5.55. The van der Waals surface area contributed by atoms with E-state index in [-0.39, 0.29) is 12.2 Å². The van der Waals surface area contributed by atoms with E-state index < -0.39 is 0 Å². The Hall–Kier alpha value is -1.16. The lowest BCUT2D eigenvalue weighted by Gasteiger charge is -2.14. The fourth-order valence-corrected chi connectivity index (χ4v) is 1.42. The zero-order chi connectivity index (χ0) is 14.3. The van der Waals surface area contributed by atoms with E-state index in [0.29, 0.717) is 26.4 Å². The average Bonchev–Trinajstić information content (AvgIpc) is 2.45. The van der Waals surface area contributed by atoms with Crippen LogP contribution in [0.2, 0.25) is 0 Å². The third-order valence-corrected chi connectivity index (χ3v) is 2.48. The Kier molecular flexibility index (Phi) is 12.5. The molecule has 0 aliphatic rings. The highest BCUT2D eigenvalue weighted by molar-refractivity contribution is 4.82. The number of rotatable bonds is 14. The normalized spacial score (nSPS) is 13.5. The minimum absolute atomic E-state index is 0.0187. The Morgan fingerprint density at radius 3 is 1.47 bits per heavy atom. The lowest BCUT2D eigenvalue weighted by atomic mass is 10.2. The van der Waals surface area contributed by atoms with Gasteiger partial charge in [0.05, 0.1) is 25.4 Å². The van der Waals surface area contributed by atoms with Gasteiger partial charge in [0, 0.05) is 26.1 Å². The molecule has 0 aliphatic carbocycles. The van der Waals surface area contributed by atoms with E-state index in [2.05, 4.69) is 26.3 Å². The summed E-state index contributed by atoms with van der Waals surface area (Å²) in [6.07, 6.45) is 8.65. The quantitative estimate of drug-likeness (QED) is 0.357. The molecule has 0 radical (unpaired) electrons. The van der Waals surface area contributed by atoms with Crippen LogP contribution in [0, 0.1) is 0 Å². The summed E-state index contributed by atoms with van der Waals surface area (Å²) < 4.78 is 16.5. The molecule has 2 atom stereocenters. The molecule has 0 amide bonds. The van der Waals surface area contributed by atoms with Gasteiger partial charge in [-0.3, -0.25) is 0 Å². The Morgan fingerprint density at radius 2 is 1.16 bits per heavy atom. The zero-order valence-electron chi connectivity index (χ0n) is 11.8. The van der Waals surface area contributed by atoms with Gasteiger partial charge < -0.3 is 14.2 Å². The molecule has 108 valence electrons. The van der Waals surface area contributed by atoms with Gasteiger partial charge in [0.25, 0.3) is 0 Å². The molecule has 2 unspecified atom stereocenters. The molecule has 0 rings (SSSR count). The second-order valence-corrected chi connectivity index (χ2v) is 3.98. The van der Waals surface area contributed by atoms with Gasteiger partial charge in [0.15, 0.2) is 0 Å². The average molecular weight is 266 g/mol. The minimum Gasteiger partial charge on any atom is -0.381 e. The molecule has 19 heavy (non-hydrogen) atoms. The van der Waals surface area contributed by atoms with E-state index in [4.69, 9.17) is 14.2 Å². The van der Waals surface area contributed by atoms with E-state index in [1.54, 1.807) is 24.3 Å². The highest BCUT2D eigenvalue weighted by Gasteiger charge is 2.05. The highest BCUT2D eigenvalue weighted by atomic mass is 16.5.